The van der Waals surface area contributed by atoms with Crippen molar-refractivity contribution in [1.29, 1.82) is 0 Å². The van der Waals surface area contributed by atoms with Crippen molar-refractivity contribution < 1.29 is 19.7 Å². The number of carboxylic acid groups (broad SMARTS) is 1. The van der Waals surface area contributed by atoms with Gasteiger partial charge in [0, 0.05) is 12.1 Å². The molecule has 0 saturated carbocycles. The Hall–Kier alpha value is -3.33. The highest BCUT2D eigenvalue weighted by molar-refractivity contribution is 5.85. The van der Waals surface area contributed by atoms with Crippen LogP contribution in [-0.4, -0.2) is 20.9 Å². The summed E-state index contributed by atoms with van der Waals surface area (Å²) in [6.07, 6.45) is 0. The third-order valence-corrected chi connectivity index (χ3v) is 3.61. The Bertz CT molecular complexity index is 847. The van der Waals surface area contributed by atoms with Gasteiger partial charge < -0.3 is 10.8 Å². The van der Waals surface area contributed by atoms with E-state index in [9.17, 15) is 30.1 Å². The molecule has 0 spiro atoms. The first-order valence-corrected chi connectivity index (χ1v) is 6.71. The summed E-state index contributed by atoms with van der Waals surface area (Å²) >= 11 is 0. The maximum atomic E-state index is 11.4. The Labute approximate surface area is 135 Å². The van der Waals surface area contributed by atoms with E-state index in [1.807, 2.05) is 0 Å². The van der Waals surface area contributed by atoms with Crippen LogP contribution >= 0.6 is 0 Å². The molecule has 0 bridgehead atoms. The second kappa shape index (κ2) is 6.05. The van der Waals surface area contributed by atoms with Crippen LogP contribution in [0.5, 0.6) is 0 Å². The highest BCUT2D eigenvalue weighted by Crippen LogP contribution is 2.36. The Morgan fingerprint density at radius 1 is 1.08 bits per heavy atom. The first-order valence-electron chi connectivity index (χ1n) is 6.71. The van der Waals surface area contributed by atoms with Gasteiger partial charge in [-0.2, -0.15) is 0 Å². The summed E-state index contributed by atoms with van der Waals surface area (Å²) in [5, 5.41) is 31.3. The third-order valence-electron chi connectivity index (χ3n) is 3.61. The van der Waals surface area contributed by atoms with Crippen molar-refractivity contribution in [2.75, 3.05) is 0 Å². The summed E-state index contributed by atoms with van der Waals surface area (Å²) in [4.78, 5) is 31.7. The largest absolute Gasteiger partial charge is 0.480 e. The highest BCUT2D eigenvalue weighted by atomic mass is 16.6. The molecule has 0 radical (unpaired) electrons. The molecule has 9 nitrogen and oxygen atoms in total. The Kier molecular flexibility index (Phi) is 4.29. The van der Waals surface area contributed by atoms with Crippen LogP contribution in [0.15, 0.2) is 42.5 Å². The maximum Gasteiger partial charge on any atom is 0.346 e. The lowest BCUT2D eigenvalue weighted by Crippen LogP contribution is -2.42. The monoisotopic (exact) mass is 331 g/mol. The predicted molar refractivity (Wildman–Crippen MR) is 84.4 cm³/mol. The number of aliphatic carboxylic acids is 1. The number of hydrogen-bond acceptors (Lipinski definition) is 6. The van der Waals surface area contributed by atoms with Crippen molar-refractivity contribution in [2.45, 2.75) is 12.5 Å². The van der Waals surface area contributed by atoms with Crippen LogP contribution in [0.3, 0.4) is 0 Å². The molecule has 1 atom stereocenters. The van der Waals surface area contributed by atoms with Crippen LogP contribution in [0.2, 0.25) is 0 Å². The number of nitrogens with zero attached hydrogens (tertiary/aromatic N) is 2. The smallest absolute Gasteiger partial charge is 0.346 e. The number of hydrogen-bond donors (Lipinski definition) is 2. The van der Waals surface area contributed by atoms with Gasteiger partial charge in [0.15, 0.2) is 0 Å². The van der Waals surface area contributed by atoms with Gasteiger partial charge in [0.1, 0.15) is 5.54 Å². The summed E-state index contributed by atoms with van der Waals surface area (Å²) in [6.45, 7) is 1.30. The Balaban J connectivity index is 2.71. The van der Waals surface area contributed by atoms with Gasteiger partial charge in [0.2, 0.25) is 0 Å². The first-order chi connectivity index (χ1) is 11.2. The number of carboxylic acids is 1. The van der Waals surface area contributed by atoms with E-state index in [1.54, 1.807) is 18.2 Å². The van der Waals surface area contributed by atoms with Gasteiger partial charge in [0.05, 0.1) is 9.85 Å². The van der Waals surface area contributed by atoms with Crippen molar-refractivity contribution in [3.63, 3.8) is 0 Å². The number of nitrogens with two attached hydrogens (primary N) is 1. The number of carbonyl (C=O) groups is 1. The SMILES string of the molecule is CC(N)(C(=O)O)c1ccccc1-c1ccc([N+](=O)[O-])c([N+](=O)[O-])c1. The van der Waals surface area contributed by atoms with Crippen molar-refractivity contribution >= 4 is 17.3 Å². The first kappa shape index (κ1) is 17.0. The molecule has 2 aromatic rings. The fourth-order valence-electron chi connectivity index (χ4n) is 2.29. The quantitative estimate of drug-likeness (QED) is 0.630. The van der Waals surface area contributed by atoms with E-state index in [2.05, 4.69) is 0 Å². The average Bonchev–Trinajstić information content (AvgIpc) is 2.53. The third kappa shape index (κ3) is 2.92. The standard InChI is InChI=1S/C15H13N3O6/c1-15(16,14(19)20)11-5-3-2-4-10(11)9-6-7-12(17(21)22)13(8-9)18(23)24/h2-8H,16H2,1H3,(H,19,20). The molecule has 2 aromatic carbocycles. The lowest BCUT2D eigenvalue weighted by atomic mass is 9.86. The lowest BCUT2D eigenvalue weighted by Gasteiger charge is -2.23. The molecule has 0 aliphatic rings. The summed E-state index contributed by atoms with van der Waals surface area (Å²) in [6, 6.07) is 9.62. The summed E-state index contributed by atoms with van der Waals surface area (Å²) in [7, 11) is 0. The second-order valence-electron chi connectivity index (χ2n) is 5.27. The predicted octanol–water partition coefficient (Wildman–Crippen LogP) is 2.43. The molecule has 0 amide bonds. The molecule has 0 heterocycles. The number of nitro benzene ring substituents is 2. The van der Waals surface area contributed by atoms with Crippen LogP contribution in [-0.2, 0) is 10.3 Å². The number of rotatable bonds is 5. The van der Waals surface area contributed by atoms with Gasteiger partial charge in [-0.25, -0.2) is 4.79 Å². The van der Waals surface area contributed by atoms with Gasteiger partial charge >= 0.3 is 17.3 Å². The van der Waals surface area contributed by atoms with E-state index in [-0.39, 0.29) is 11.1 Å². The zero-order chi connectivity index (χ0) is 18.1. The zero-order valence-corrected chi connectivity index (χ0v) is 12.5. The van der Waals surface area contributed by atoms with Crippen molar-refractivity contribution in [2.24, 2.45) is 5.73 Å². The highest BCUT2D eigenvalue weighted by Gasteiger charge is 2.33. The molecular formula is C15H13N3O6. The van der Waals surface area contributed by atoms with E-state index in [0.717, 1.165) is 12.1 Å². The average molecular weight is 331 g/mol. The molecule has 124 valence electrons. The minimum absolute atomic E-state index is 0.237. The van der Waals surface area contributed by atoms with E-state index in [0.29, 0.717) is 5.56 Å². The van der Waals surface area contributed by atoms with Gasteiger partial charge in [-0.1, -0.05) is 24.3 Å². The van der Waals surface area contributed by atoms with Crippen LogP contribution < -0.4 is 5.73 Å². The van der Waals surface area contributed by atoms with Crippen molar-refractivity contribution in [3.05, 3.63) is 68.3 Å². The molecule has 3 N–H and O–H groups in total. The van der Waals surface area contributed by atoms with Gasteiger partial charge in [0.25, 0.3) is 0 Å². The second-order valence-corrected chi connectivity index (χ2v) is 5.27. The maximum absolute atomic E-state index is 11.4. The zero-order valence-electron chi connectivity index (χ0n) is 12.5. The van der Waals surface area contributed by atoms with Gasteiger partial charge in [-0.05, 0) is 29.7 Å². The molecule has 9 heteroatoms. The van der Waals surface area contributed by atoms with Crippen LogP contribution in [0.4, 0.5) is 11.4 Å². The minimum Gasteiger partial charge on any atom is -0.480 e. The number of nitro groups is 2. The lowest BCUT2D eigenvalue weighted by molar-refractivity contribution is -0.422. The van der Waals surface area contributed by atoms with Crippen molar-refractivity contribution in [3.8, 4) is 11.1 Å². The normalized spacial score (nSPS) is 13.1. The van der Waals surface area contributed by atoms with E-state index >= 15 is 0 Å². The molecule has 0 aromatic heterocycles. The Morgan fingerprint density at radius 2 is 1.67 bits per heavy atom. The van der Waals surface area contributed by atoms with Crippen LogP contribution in [0.25, 0.3) is 11.1 Å². The van der Waals surface area contributed by atoms with Crippen LogP contribution in [0, 0.1) is 20.2 Å². The molecular weight excluding hydrogens is 318 g/mol. The fourth-order valence-corrected chi connectivity index (χ4v) is 2.29. The molecule has 2 rings (SSSR count). The summed E-state index contributed by atoms with van der Waals surface area (Å²) < 4.78 is 0. The summed E-state index contributed by atoms with van der Waals surface area (Å²) in [5.41, 5.74) is 3.65. The van der Waals surface area contributed by atoms with E-state index < -0.39 is 32.7 Å². The van der Waals surface area contributed by atoms with Gasteiger partial charge in [-0.15, -0.1) is 0 Å². The Morgan fingerprint density at radius 3 is 2.21 bits per heavy atom. The topological polar surface area (TPSA) is 150 Å². The molecule has 0 saturated heterocycles. The fraction of sp³-hybridized carbons (Fsp3) is 0.133. The molecule has 0 aliphatic carbocycles. The molecule has 0 fully saturated rings. The van der Waals surface area contributed by atoms with E-state index in [1.165, 1.54) is 19.1 Å². The summed E-state index contributed by atoms with van der Waals surface area (Å²) in [5.74, 6) is -1.27. The molecule has 24 heavy (non-hydrogen) atoms. The number of benzene rings is 2. The van der Waals surface area contributed by atoms with Gasteiger partial charge in [-0.3, -0.25) is 20.2 Å². The van der Waals surface area contributed by atoms with Crippen LogP contribution in [0.1, 0.15) is 12.5 Å². The molecule has 1 unspecified atom stereocenters. The van der Waals surface area contributed by atoms with Crippen molar-refractivity contribution in [1.82, 2.24) is 0 Å². The van der Waals surface area contributed by atoms with E-state index in [4.69, 9.17) is 5.73 Å². The minimum atomic E-state index is -1.73. The molecule has 0 aliphatic heterocycles.